The molecule has 1 N–H and O–H groups in total. The van der Waals surface area contributed by atoms with E-state index in [2.05, 4.69) is 0 Å². The summed E-state index contributed by atoms with van der Waals surface area (Å²) in [5.74, 6) is -0.769. The molecule has 0 amide bonds. The summed E-state index contributed by atoms with van der Waals surface area (Å²) >= 11 is 0. The Kier molecular flexibility index (Phi) is 3.45. The standard InChI is InChI=1S/C15H15F3O4/c16-15(17,18)10-7-12-11(21-4-1-5-22-12)6-9(10)14(2-3-14)8-13(19)20/h6-7H,1-5,8H2,(H,19,20). The summed E-state index contributed by atoms with van der Waals surface area (Å²) in [6, 6.07) is 2.26. The van der Waals surface area contributed by atoms with Crippen LogP contribution in [0.5, 0.6) is 11.5 Å². The summed E-state index contributed by atoms with van der Waals surface area (Å²) in [4.78, 5) is 11.0. The zero-order valence-corrected chi connectivity index (χ0v) is 11.7. The van der Waals surface area contributed by atoms with Crippen LogP contribution in [0.25, 0.3) is 0 Å². The molecule has 0 spiro atoms. The van der Waals surface area contributed by atoms with E-state index in [4.69, 9.17) is 14.6 Å². The lowest BCUT2D eigenvalue weighted by Crippen LogP contribution is -2.19. The van der Waals surface area contributed by atoms with Crippen LogP contribution in [0.15, 0.2) is 12.1 Å². The predicted molar refractivity (Wildman–Crippen MR) is 70.2 cm³/mol. The fourth-order valence-corrected chi connectivity index (χ4v) is 2.86. The van der Waals surface area contributed by atoms with Crippen LogP contribution < -0.4 is 9.47 Å². The van der Waals surface area contributed by atoms with Gasteiger partial charge in [-0.3, -0.25) is 4.79 Å². The van der Waals surface area contributed by atoms with Gasteiger partial charge in [0.25, 0.3) is 0 Å². The summed E-state index contributed by atoms with van der Waals surface area (Å²) in [6.45, 7) is 0.660. The molecule has 4 nitrogen and oxygen atoms in total. The molecule has 0 aromatic heterocycles. The third-order valence-electron chi connectivity index (χ3n) is 4.11. The predicted octanol–water partition coefficient (Wildman–Crippen LogP) is 3.37. The first-order chi connectivity index (χ1) is 10.3. The van der Waals surface area contributed by atoms with Crippen molar-refractivity contribution in [1.82, 2.24) is 0 Å². The van der Waals surface area contributed by atoms with Crippen molar-refractivity contribution < 1.29 is 32.5 Å². The van der Waals surface area contributed by atoms with Crippen molar-refractivity contribution in [3.63, 3.8) is 0 Å². The van der Waals surface area contributed by atoms with Crippen molar-refractivity contribution in [3.8, 4) is 11.5 Å². The number of benzene rings is 1. The number of carbonyl (C=O) groups is 1. The molecule has 1 aromatic carbocycles. The molecule has 1 aliphatic carbocycles. The molecule has 120 valence electrons. The molecule has 1 fully saturated rings. The molecule has 1 saturated carbocycles. The highest BCUT2D eigenvalue weighted by Gasteiger charge is 2.51. The van der Waals surface area contributed by atoms with E-state index in [1.54, 1.807) is 0 Å². The van der Waals surface area contributed by atoms with E-state index in [9.17, 15) is 18.0 Å². The summed E-state index contributed by atoms with van der Waals surface area (Å²) < 4.78 is 50.9. The Morgan fingerprint density at radius 3 is 2.27 bits per heavy atom. The summed E-state index contributed by atoms with van der Waals surface area (Å²) in [5, 5.41) is 8.99. The lowest BCUT2D eigenvalue weighted by atomic mass is 9.87. The van der Waals surface area contributed by atoms with E-state index in [-0.39, 0.29) is 23.5 Å². The van der Waals surface area contributed by atoms with E-state index in [0.717, 1.165) is 6.07 Å². The maximum atomic E-state index is 13.4. The van der Waals surface area contributed by atoms with Gasteiger partial charge in [-0.2, -0.15) is 13.2 Å². The molecule has 2 aliphatic rings. The molecule has 22 heavy (non-hydrogen) atoms. The van der Waals surface area contributed by atoms with Crippen molar-refractivity contribution in [2.75, 3.05) is 13.2 Å². The first-order valence-electron chi connectivity index (χ1n) is 7.05. The maximum absolute atomic E-state index is 13.4. The number of hydrogen-bond acceptors (Lipinski definition) is 3. The van der Waals surface area contributed by atoms with Crippen LogP contribution in [-0.2, 0) is 16.4 Å². The van der Waals surface area contributed by atoms with Gasteiger partial charge >= 0.3 is 12.1 Å². The quantitative estimate of drug-likeness (QED) is 0.929. The first-order valence-corrected chi connectivity index (χ1v) is 7.05. The van der Waals surface area contributed by atoms with Gasteiger partial charge in [-0.05, 0) is 30.5 Å². The molecule has 0 saturated heterocycles. The van der Waals surface area contributed by atoms with Gasteiger partial charge in [0.1, 0.15) is 0 Å². The van der Waals surface area contributed by atoms with Gasteiger partial charge in [0.2, 0.25) is 0 Å². The van der Waals surface area contributed by atoms with Crippen molar-refractivity contribution >= 4 is 5.97 Å². The van der Waals surface area contributed by atoms with Gasteiger partial charge in [-0.15, -0.1) is 0 Å². The summed E-state index contributed by atoms with van der Waals surface area (Å²) in [7, 11) is 0. The second-order valence-corrected chi connectivity index (χ2v) is 5.74. The Balaban J connectivity index is 2.11. The number of halogens is 3. The Labute approximate surface area is 124 Å². The van der Waals surface area contributed by atoms with Crippen molar-refractivity contribution in [2.24, 2.45) is 0 Å². The number of fused-ring (bicyclic) bond motifs is 1. The van der Waals surface area contributed by atoms with Crippen molar-refractivity contribution in [3.05, 3.63) is 23.3 Å². The van der Waals surface area contributed by atoms with Crippen LogP contribution >= 0.6 is 0 Å². The smallest absolute Gasteiger partial charge is 0.416 e. The SMILES string of the molecule is O=C(O)CC1(c2cc3c(cc2C(F)(F)F)OCCCO3)CC1. The minimum Gasteiger partial charge on any atom is -0.490 e. The Morgan fingerprint density at radius 1 is 1.18 bits per heavy atom. The van der Waals surface area contributed by atoms with Crippen LogP contribution in [0.1, 0.15) is 36.8 Å². The second kappa shape index (κ2) is 5.07. The maximum Gasteiger partial charge on any atom is 0.416 e. The third-order valence-corrected chi connectivity index (χ3v) is 4.11. The zero-order valence-electron chi connectivity index (χ0n) is 11.7. The molecular formula is C15H15F3O4. The van der Waals surface area contributed by atoms with Gasteiger partial charge in [-0.1, -0.05) is 0 Å². The van der Waals surface area contributed by atoms with E-state index >= 15 is 0 Å². The molecule has 1 aliphatic heterocycles. The van der Waals surface area contributed by atoms with Crippen LogP contribution in [-0.4, -0.2) is 24.3 Å². The van der Waals surface area contributed by atoms with Gasteiger partial charge < -0.3 is 14.6 Å². The molecule has 7 heteroatoms. The number of carboxylic acid groups (broad SMARTS) is 1. The van der Waals surface area contributed by atoms with Crippen LogP contribution in [0, 0.1) is 0 Å². The van der Waals surface area contributed by atoms with Gasteiger partial charge in [-0.25, -0.2) is 0 Å². The molecule has 0 bridgehead atoms. The minimum atomic E-state index is -4.56. The van der Waals surface area contributed by atoms with Gasteiger partial charge in [0.05, 0.1) is 25.2 Å². The molecule has 0 unspecified atom stereocenters. The number of hydrogen-bond donors (Lipinski definition) is 1. The Morgan fingerprint density at radius 2 is 1.77 bits per heavy atom. The number of rotatable bonds is 3. The third kappa shape index (κ3) is 2.71. The van der Waals surface area contributed by atoms with E-state index < -0.39 is 23.1 Å². The van der Waals surface area contributed by atoms with Gasteiger partial charge in [0.15, 0.2) is 11.5 Å². The normalized spacial score (nSPS) is 19.4. The molecular weight excluding hydrogens is 301 g/mol. The van der Waals surface area contributed by atoms with Crippen LogP contribution in [0.4, 0.5) is 13.2 Å². The molecule has 1 aromatic rings. The Bertz CT molecular complexity index is 606. The Hall–Kier alpha value is -1.92. The highest BCUT2D eigenvalue weighted by atomic mass is 19.4. The summed E-state index contributed by atoms with van der Waals surface area (Å²) in [6.07, 6.45) is -3.42. The molecule has 3 rings (SSSR count). The minimum absolute atomic E-state index is 0.00616. The van der Waals surface area contributed by atoms with Crippen molar-refractivity contribution in [1.29, 1.82) is 0 Å². The lowest BCUT2D eigenvalue weighted by Gasteiger charge is -2.22. The highest BCUT2D eigenvalue weighted by Crippen LogP contribution is 2.56. The van der Waals surface area contributed by atoms with E-state index in [1.165, 1.54) is 6.07 Å². The van der Waals surface area contributed by atoms with Crippen molar-refractivity contribution in [2.45, 2.75) is 37.3 Å². The van der Waals surface area contributed by atoms with E-state index in [1.807, 2.05) is 0 Å². The monoisotopic (exact) mass is 316 g/mol. The molecule has 0 radical (unpaired) electrons. The highest BCUT2D eigenvalue weighted by molar-refractivity contribution is 5.71. The average molecular weight is 316 g/mol. The first kappa shape index (κ1) is 15.0. The fraction of sp³-hybridized carbons (Fsp3) is 0.533. The lowest BCUT2D eigenvalue weighted by molar-refractivity contribution is -0.141. The zero-order chi connectivity index (χ0) is 16.0. The average Bonchev–Trinajstić information content (AvgIpc) is 3.19. The summed E-state index contributed by atoms with van der Waals surface area (Å²) in [5.41, 5.74) is -1.76. The molecule has 1 heterocycles. The van der Waals surface area contributed by atoms with Gasteiger partial charge in [0, 0.05) is 11.8 Å². The van der Waals surface area contributed by atoms with Crippen LogP contribution in [0.2, 0.25) is 0 Å². The second-order valence-electron chi connectivity index (χ2n) is 5.74. The molecule has 0 atom stereocenters. The number of carboxylic acids is 1. The van der Waals surface area contributed by atoms with E-state index in [0.29, 0.717) is 32.5 Å². The number of alkyl halides is 3. The number of ether oxygens (including phenoxy) is 2. The number of aliphatic carboxylic acids is 1. The largest absolute Gasteiger partial charge is 0.490 e. The van der Waals surface area contributed by atoms with Crippen LogP contribution in [0.3, 0.4) is 0 Å². The fourth-order valence-electron chi connectivity index (χ4n) is 2.86. The topological polar surface area (TPSA) is 55.8 Å².